The average Bonchev–Trinajstić information content (AvgIpc) is 2.97. The van der Waals surface area contributed by atoms with E-state index in [0.717, 1.165) is 18.2 Å². The zero-order valence-corrected chi connectivity index (χ0v) is 11.8. The quantitative estimate of drug-likeness (QED) is 0.600. The number of nitrogens with one attached hydrogen (secondary N) is 2. The molecule has 0 spiro atoms. The molecule has 9 nitrogen and oxygen atoms in total. The largest absolute Gasteiger partial charge is 0.495 e. The molecular formula is C11H12N4O5S. The zero-order chi connectivity index (χ0) is 15.5. The Hall–Kier alpha value is -2.46. The van der Waals surface area contributed by atoms with E-state index in [1.165, 1.54) is 13.3 Å². The van der Waals surface area contributed by atoms with Gasteiger partial charge in [0.2, 0.25) is 10.0 Å². The van der Waals surface area contributed by atoms with Gasteiger partial charge >= 0.3 is 0 Å². The van der Waals surface area contributed by atoms with Gasteiger partial charge in [-0.1, -0.05) is 0 Å². The molecule has 0 aliphatic heterocycles. The monoisotopic (exact) mass is 312 g/mol. The van der Waals surface area contributed by atoms with Crippen LogP contribution in [-0.2, 0) is 16.6 Å². The van der Waals surface area contributed by atoms with Crippen LogP contribution in [0.2, 0.25) is 0 Å². The summed E-state index contributed by atoms with van der Waals surface area (Å²) < 4.78 is 31.6. The topological polar surface area (TPSA) is 127 Å². The Morgan fingerprint density at radius 2 is 2.24 bits per heavy atom. The van der Waals surface area contributed by atoms with Crippen LogP contribution in [0.25, 0.3) is 0 Å². The van der Waals surface area contributed by atoms with Crippen LogP contribution in [0.5, 0.6) is 5.75 Å². The third-order valence-electron chi connectivity index (χ3n) is 2.63. The van der Waals surface area contributed by atoms with Crippen LogP contribution in [0.4, 0.5) is 5.69 Å². The molecule has 0 atom stereocenters. The van der Waals surface area contributed by atoms with Crippen molar-refractivity contribution in [3.05, 3.63) is 46.5 Å². The number of rotatable bonds is 6. The van der Waals surface area contributed by atoms with Gasteiger partial charge in [0.05, 0.1) is 24.6 Å². The summed E-state index contributed by atoms with van der Waals surface area (Å²) in [5.41, 5.74) is -0.253. The number of benzene rings is 1. The van der Waals surface area contributed by atoms with Crippen LogP contribution < -0.4 is 9.46 Å². The predicted molar refractivity (Wildman–Crippen MR) is 72.3 cm³/mol. The van der Waals surface area contributed by atoms with E-state index in [9.17, 15) is 18.5 Å². The van der Waals surface area contributed by atoms with Gasteiger partial charge in [-0.15, -0.1) is 0 Å². The lowest BCUT2D eigenvalue weighted by atomic mass is 10.3. The number of nitrogens with zero attached hydrogens (tertiary/aromatic N) is 2. The molecule has 0 amide bonds. The molecule has 0 aliphatic rings. The Morgan fingerprint density at radius 1 is 1.48 bits per heavy atom. The fraction of sp³-hybridized carbons (Fsp3) is 0.182. The first-order valence-corrected chi connectivity index (χ1v) is 7.22. The lowest BCUT2D eigenvalue weighted by molar-refractivity contribution is -0.385. The SMILES string of the molecule is COc1cc([N+](=O)[O-])ccc1S(=O)(=O)NCc1ncc[nH]1. The number of methoxy groups -OCH3 is 1. The second-order valence-electron chi connectivity index (χ2n) is 3.95. The summed E-state index contributed by atoms with van der Waals surface area (Å²) in [7, 11) is -2.64. The first-order valence-electron chi connectivity index (χ1n) is 5.74. The molecular weight excluding hydrogens is 300 g/mol. The highest BCUT2D eigenvalue weighted by Crippen LogP contribution is 2.28. The van der Waals surface area contributed by atoms with Crippen molar-refractivity contribution in [2.75, 3.05) is 7.11 Å². The van der Waals surface area contributed by atoms with Crippen molar-refractivity contribution in [3.8, 4) is 5.75 Å². The Morgan fingerprint density at radius 3 is 2.81 bits per heavy atom. The van der Waals surface area contributed by atoms with Crippen LogP contribution >= 0.6 is 0 Å². The minimum absolute atomic E-state index is 0.0323. The summed E-state index contributed by atoms with van der Waals surface area (Å²) >= 11 is 0. The van der Waals surface area contributed by atoms with Crippen LogP contribution in [0.15, 0.2) is 35.5 Å². The molecule has 10 heteroatoms. The summed E-state index contributed by atoms with van der Waals surface area (Å²) in [6.45, 7) is -0.0323. The van der Waals surface area contributed by atoms with Gasteiger partial charge in [0, 0.05) is 18.5 Å². The Bertz CT molecular complexity index is 742. The fourth-order valence-electron chi connectivity index (χ4n) is 1.63. The Balaban J connectivity index is 2.28. The predicted octanol–water partition coefficient (Wildman–Crippen LogP) is 0.805. The van der Waals surface area contributed by atoms with Gasteiger partial charge < -0.3 is 9.72 Å². The van der Waals surface area contributed by atoms with Gasteiger partial charge in [-0.3, -0.25) is 10.1 Å². The minimum Gasteiger partial charge on any atom is -0.495 e. The van der Waals surface area contributed by atoms with Crippen molar-refractivity contribution in [1.82, 2.24) is 14.7 Å². The highest BCUT2D eigenvalue weighted by molar-refractivity contribution is 7.89. The molecule has 0 bridgehead atoms. The smallest absolute Gasteiger partial charge is 0.273 e. The highest BCUT2D eigenvalue weighted by atomic mass is 32.2. The summed E-state index contributed by atoms with van der Waals surface area (Å²) in [5, 5.41) is 10.7. The molecule has 1 aromatic heterocycles. The minimum atomic E-state index is -3.88. The van der Waals surface area contributed by atoms with Crippen molar-refractivity contribution < 1.29 is 18.1 Å². The van der Waals surface area contributed by atoms with Gasteiger partial charge in [-0.05, 0) is 6.07 Å². The van der Waals surface area contributed by atoms with Crippen molar-refractivity contribution in [1.29, 1.82) is 0 Å². The number of aromatic nitrogens is 2. The number of nitro groups is 1. The van der Waals surface area contributed by atoms with Crippen molar-refractivity contribution in [3.63, 3.8) is 0 Å². The van der Waals surface area contributed by atoms with Gasteiger partial charge in [0.25, 0.3) is 5.69 Å². The average molecular weight is 312 g/mol. The fourth-order valence-corrected chi connectivity index (χ4v) is 2.76. The number of ether oxygens (including phenoxy) is 1. The number of non-ortho nitro benzene ring substituents is 1. The zero-order valence-electron chi connectivity index (χ0n) is 10.9. The summed E-state index contributed by atoms with van der Waals surface area (Å²) in [6, 6.07) is 3.28. The molecule has 2 N–H and O–H groups in total. The molecule has 0 saturated carbocycles. The van der Waals surface area contributed by atoms with Crippen molar-refractivity contribution in [2.45, 2.75) is 11.4 Å². The number of imidazole rings is 1. The van der Waals surface area contributed by atoms with Gasteiger partial charge in [0.1, 0.15) is 16.5 Å². The van der Waals surface area contributed by atoms with Crippen molar-refractivity contribution >= 4 is 15.7 Å². The number of sulfonamides is 1. The van der Waals surface area contributed by atoms with Crippen LogP contribution in [0.1, 0.15) is 5.82 Å². The second-order valence-corrected chi connectivity index (χ2v) is 5.69. The lowest BCUT2D eigenvalue weighted by Crippen LogP contribution is -2.24. The van der Waals surface area contributed by atoms with E-state index >= 15 is 0 Å². The van der Waals surface area contributed by atoms with E-state index in [1.807, 2.05) is 0 Å². The molecule has 0 radical (unpaired) electrons. The first-order chi connectivity index (χ1) is 9.94. The maximum Gasteiger partial charge on any atom is 0.273 e. The highest BCUT2D eigenvalue weighted by Gasteiger charge is 2.22. The number of H-pyrrole nitrogens is 1. The molecule has 1 heterocycles. The normalized spacial score (nSPS) is 11.3. The van der Waals surface area contributed by atoms with Crippen molar-refractivity contribution in [2.24, 2.45) is 0 Å². The van der Waals surface area contributed by atoms with E-state index in [4.69, 9.17) is 4.74 Å². The van der Waals surface area contributed by atoms with E-state index < -0.39 is 14.9 Å². The van der Waals surface area contributed by atoms with Gasteiger partial charge in [0.15, 0.2) is 0 Å². The molecule has 21 heavy (non-hydrogen) atoms. The maximum absolute atomic E-state index is 12.2. The number of hydrogen-bond donors (Lipinski definition) is 2. The van der Waals surface area contributed by atoms with Crippen LogP contribution in [0.3, 0.4) is 0 Å². The summed E-state index contributed by atoms with van der Waals surface area (Å²) in [4.78, 5) is 16.5. The number of nitro benzene ring substituents is 1. The number of aromatic amines is 1. The molecule has 0 saturated heterocycles. The van der Waals surface area contributed by atoms with E-state index in [-0.39, 0.29) is 22.9 Å². The Kier molecular flexibility index (Phi) is 4.19. The summed E-state index contributed by atoms with van der Waals surface area (Å²) in [5.74, 6) is 0.343. The first kappa shape index (κ1) is 14.9. The van der Waals surface area contributed by atoms with E-state index in [0.29, 0.717) is 5.82 Å². The molecule has 0 aliphatic carbocycles. The second kappa shape index (κ2) is 5.89. The van der Waals surface area contributed by atoms with Gasteiger partial charge in [-0.2, -0.15) is 0 Å². The molecule has 0 unspecified atom stereocenters. The van der Waals surface area contributed by atoms with Crippen LogP contribution in [-0.4, -0.2) is 30.4 Å². The summed E-state index contributed by atoms with van der Waals surface area (Å²) in [6.07, 6.45) is 3.06. The lowest BCUT2D eigenvalue weighted by Gasteiger charge is -2.09. The molecule has 2 aromatic rings. The van der Waals surface area contributed by atoms with Gasteiger partial charge in [-0.25, -0.2) is 18.1 Å². The maximum atomic E-state index is 12.2. The molecule has 0 fully saturated rings. The molecule has 112 valence electrons. The number of hydrogen-bond acceptors (Lipinski definition) is 6. The molecule has 1 aromatic carbocycles. The van der Waals surface area contributed by atoms with E-state index in [2.05, 4.69) is 14.7 Å². The third-order valence-corrected chi connectivity index (χ3v) is 4.07. The standard InChI is InChI=1S/C11H12N4O5S/c1-20-9-6-8(15(16)17)2-3-10(9)21(18,19)14-7-11-12-4-5-13-11/h2-6,14H,7H2,1H3,(H,12,13). The third kappa shape index (κ3) is 3.35. The van der Waals surface area contributed by atoms with E-state index in [1.54, 1.807) is 6.20 Å². The molecule has 2 rings (SSSR count). The Labute approximate surface area is 120 Å². The van der Waals surface area contributed by atoms with Crippen LogP contribution in [0, 0.1) is 10.1 Å².